The lowest BCUT2D eigenvalue weighted by molar-refractivity contribution is -0.157. The zero-order valence-corrected chi connectivity index (χ0v) is 11.4. The Balaban J connectivity index is 2.10. The van der Waals surface area contributed by atoms with Gasteiger partial charge in [0, 0.05) is 6.42 Å². The van der Waals surface area contributed by atoms with Crippen LogP contribution in [0, 0.1) is 11.3 Å². The molecule has 1 heterocycles. The average Bonchev–Trinajstić information content (AvgIpc) is 2.90. The molecule has 0 saturated carbocycles. The highest BCUT2D eigenvalue weighted by atomic mass is 16.6. The van der Waals surface area contributed by atoms with Gasteiger partial charge in [0.1, 0.15) is 17.4 Å². The Morgan fingerprint density at radius 2 is 2.14 bits per heavy atom. The van der Waals surface area contributed by atoms with E-state index in [4.69, 9.17) is 19.5 Å². The van der Waals surface area contributed by atoms with Crippen LogP contribution < -0.4 is 4.74 Å². The maximum absolute atomic E-state index is 11.9. The van der Waals surface area contributed by atoms with Gasteiger partial charge in [0.2, 0.25) is 6.10 Å². The molecule has 0 spiro atoms. The smallest absolute Gasteiger partial charge is 0.349 e. The minimum atomic E-state index is -0.926. The third-order valence-corrected chi connectivity index (χ3v) is 2.90. The van der Waals surface area contributed by atoms with Crippen molar-refractivity contribution in [2.45, 2.75) is 12.5 Å². The highest BCUT2D eigenvalue weighted by Crippen LogP contribution is 2.16. The van der Waals surface area contributed by atoms with Crippen LogP contribution in [-0.2, 0) is 19.1 Å². The molecule has 0 aromatic heterocycles. The number of esters is 2. The third-order valence-electron chi connectivity index (χ3n) is 2.90. The van der Waals surface area contributed by atoms with E-state index in [1.807, 2.05) is 0 Å². The van der Waals surface area contributed by atoms with Gasteiger partial charge in [-0.05, 0) is 23.8 Å². The molecule has 1 fully saturated rings. The molecule has 1 aromatic carbocycles. The van der Waals surface area contributed by atoms with Crippen molar-refractivity contribution in [3.05, 3.63) is 35.4 Å². The van der Waals surface area contributed by atoms with Crippen molar-refractivity contribution >= 4 is 18.0 Å². The number of cyclic esters (lactones) is 1. The summed E-state index contributed by atoms with van der Waals surface area (Å²) in [7, 11) is 1.55. The van der Waals surface area contributed by atoms with Crippen molar-refractivity contribution < 1.29 is 23.8 Å². The first-order chi connectivity index (χ1) is 10.1. The van der Waals surface area contributed by atoms with E-state index in [0.717, 1.165) is 0 Å². The second-order valence-corrected chi connectivity index (χ2v) is 4.29. The molecule has 21 heavy (non-hydrogen) atoms. The van der Waals surface area contributed by atoms with Crippen LogP contribution in [0.5, 0.6) is 5.75 Å². The molecule has 1 atom stereocenters. The largest absolute Gasteiger partial charge is 0.497 e. The van der Waals surface area contributed by atoms with E-state index >= 15 is 0 Å². The van der Waals surface area contributed by atoms with Gasteiger partial charge in [-0.3, -0.25) is 0 Å². The van der Waals surface area contributed by atoms with Crippen molar-refractivity contribution in [3.8, 4) is 11.8 Å². The molecule has 0 unspecified atom stereocenters. The van der Waals surface area contributed by atoms with Crippen LogP contribution >= 0.6 is 0 Å². The molecule has 0 radical (unpaired) electrons. The van der Waals surface area contributed by atoms with Crippen molar-refractivity contribution in [2.75, 3.05) is 13.7 Å². The monoisotopic (exact) mass is 287 g/mol. The van der Waals surface area contributed by atoms with E-state index in [2.05, 4.69) is 0 Å². The highest BCUT2D eigenvalue weighted by Gasteiger charge is 2.31. The van der Waals surface area contributed by atoms with E-state index in [1.165, 1.54) is 6.08 Å². The maximum Gasteiger partial charge on any atom is 0.349 e. The standard InChI is InChI=1S/C15H13NO5/c1-19-12-4-2-10(3-5-12)8-11(9-16)14(17)21-13-6-7-20-15(13)18/h2-5,8,13H,6-7H2,1H3/b11-8-/t13-/m0/s1. The van der Waals surface area contributed by atoms with Crippen LogP contribution in [0.3, 0.4) is 0 Å². The number of carbonyl (C=O) groups is 2. The van der Waals surface area contributed by atoms with Gasteiger partial charge in [-0.25, -0.2) is 9.59 Å². The first-order valence-electron chi connectivity index (χ1n) is 6.27. The number of hydrogen-bond donors (Lipinski definition) is 0. The summed E-state index contributed by atoms with van der Waals surface area (Å²) in [5.41, 5.74) is 0.471. The molecular formula is C15H13NO5. The summed E-state index contributed by atoms with van der Waals surface area (Å²) in [6, 6.07) is 8.59. The zero-order valence-electron chi connectivity index (χ0n) is 11.4. The first-order valence-corrected chi connectivity index (χ1v) is 6.27. The Morgan fingerprint density at radius 3 is 2.67 bits per heavy atom. The highest BCUT2D eigenvalue weighted by molar-refractivity contribution is 5.99. The Morgan fingerprint density at radius 1 is 1.43 bits per heavy atom. The Bertz CT molecular complexity index is 612. The molecule has 0 N–H and O–H groups in total. The summed E-state index contributed by atoms with van der Waals surface area (Å²) in [5.74, 6) is -0.746. The van der Waals surface area contributed by atoms with Crippen LogP contribution in [0.15, 0.2) is 29.8 Å². The number of nitrogens with zero attached hydrogens (tertiary/aromatic N) is 1. The minimum absolute atomic E-state index is 0.181. The SMILES string of the molecule is COc1ccc(/C=C(/C#N)C(=O)O[C@H]2CCOC2=O)cc1. The topological polar surface area (TPSA) is 85.6 Å². The molecule has 1 aliphatic heterocycles. The fourth-order valence-electron chi connectivity index (χ4n) is 1.78. The first kappa shape index (κ1) is 14.6. The molecule has 1 saturated heterocycles. The zero-order chi connectivity index (χ0) is 15.2. The Kier molecular flexibility index (Phi) is 4.57. The molecule has 6 heteroatoms. The van der Waals surface area contributed by atoms with Crippen LogP contribution in [0.2, 0.25) is 0 Å². The Labute approximate surface area is 121 Å². The second kappa shape index (κ2) is 6.57. The van der Waals surface area contributed by atoms with Crippen LogP contribution in [0.25, 0.3) is 6.08 Å². The van der Waals surface area contributed by atoms with Crippen molar-refractivity contribution in [1.82, 2.24) is 0 Å². The summed E-state index contributed by atoms with van der Waals surface area (Å²) < 4.78 is 14.7. The number of carbonyl (C=O) groups excluding carboxylic acids is 2. The van der Waals surface area contributed by atoms with Gasteiger partial charge in [0.05, 0.1) is 13.7 Å². The van der Waals surface area contributed by atoms with Gasteiger partial charge in [-0.1, -0.05) is 12.1 Å². The van der Waals surface area contributed by atoms with Gasteiger partial charge < -0.3 is 14.2 Å². The number of ether oxygens (including phenoxy) is 3. The van der Waals surface area contributed by atoms with E-state index < -0.39 is 18.0 Å². The summed E-state index contributed by atoms with van der Waals surface area (Å²) in [5, 5.41) is 9.04. The van der Waals surface area contributed by atoms with Crippen molar-refractivity contribution in [3.63, 3.8) is 0 Å². The number of benzene rings is 1. The number of methoxy groups -OCH3 is 1. The molecule has 1 aliphatic rings. The number of rotatable bonds is 4. The van der Waals surface area contributed by atoms with Gasteiger partial charge >= 0.3 is 11.9 Å². The average molecular weight is 287 g/mol. The molecular weight excluding hydrogens is 274 g/mol. The molecule has 0 amide bonds. The van der Waals surface area contributed by atoms with Crippen molar-refractivity contribution in [1.29, 1.82) is 5.26 Å². The predicted octanol–water partition coefficient (Wildman–Crippen LogP) is 1.46. The second-order valence-electron chi connectivity index (χ2n) is 4.29. The number of hydrogen-bond acceptors (Lipinski definition) is 6. The summed E-state index contributed by atoms with van der Waals surface area (Å²) >= 11 is 0. The van der Waals surface area contributed by atoms with E-state index in [0.29, 0.717) is 17.7 Å². The number of nitriles is 1. The van der Waals surface area contributed by atoms with Crippen LogP contribution in [0.4, 0.5) is 0 Å². The lowest BCUT2D eigenvalue weighted by Crippen LogP contribution is -2.23. The van der Waals surface area contributed by atoms with E-state index in [9.17, 15) is 9.59 Å². The van der Waals surface area contributed by atoms with Gasteiger partial charge in [0.15, 0.2) is 0 Å². The molecule has 108 valence electrons. The van der Waals surface area contributed by atoms with Crippen LogP contribution in [-0.4, -0.2) is 31.8 Å². The van der Waals surface area contributed by atoms with Crippen molar-refractivity contribution in [2.24, 2.45) is 0 Å². The molecule has 1 aromatic rings. The quantitative estimate of drug-likeness (QED) is 0.473. The van der Waals surface area contributed by atoms with Gasteiger partial charge in [-0.2, -0.15) is 5.26 Å². The summed E-state index contributed by atoms with van der Waals surface area (Å²) in [4.78, 5) is 23.1. The third kappa shape index (κ3) is 3.60. The minimum Gasteiger partial charge on any atom is -0.497 e. The van der Waals surface area contributed by atoms with Crippen LogP contribution in [0.1, 0.15) is 12.0 Å². The normalized spacial score (nSPS) is 17.8. The maximum atomic E-state index is 11.9. The Hall–Kier alpha value is -2.81. The van der Waals surface area contributed by atoms with Gasteiger partial charge in [-0.15, -0.1) is 0 Å². The molecule has 6 nitrogen and oxygen atoms in total. The van der Waals surface area contributed by atoms with E-state index in [-0.39, 0.29) is 12.2 Å². The summed E-state index contributed by atoms with van der Waals surface area (Å²) in [6.45, 7) is 0.223. The molecule has 0 bridgehead atoms. The summed E-state index contributed by atoms with van der Waals surface area (Å²) in [6.07, 6.45) is 0.776. The molecule has 2 rings (SSSR count). The van der Waals surface area contributed by atoms with Gasteiger partial charge in [0.25, 0.3) is 0 Å². The predicted molar refractivity (Wildman–Crippen MR) is 72.0 cm³/mol. The fourth-order valence-corrected chi connectivity index (χ4v) is 1.78. The lowest BCUT2D eigenvalue weighted by Gasteiger charge is -2.07. The molecule has 0 aliphatic carbocycles. The van der Waals surface area contributed by atoms with E-state index in [1.54, 1.807) is 37.4 Å². The lowest BCUT2D eigenvalue weighted by atomic mass is 10.1. The fraction of sp³-hybridized carbons (Fsp3) is 0.267.